The number of aryl methyl sites for hydroxylation is 1. The molecule has 0 saturated carbocycles. The van der Waals surface area contributed by atoms with Gasteiger partial charge >= 0.3 is 0 Å². The predicted octanol–water partition coefficient (Wildman–Crippen LogP) is 3.23. The molecule has 28 heavy (non-hydrogen) atoms. The van der Waals surface area contributed by atoms with Gasteiger partial charge in [0.15, 0.2) is 0 Å². The second kappa shape index (κ2) is 8.34. The van der Waals surface area contributed by atoms with E-state index in [0.717, 1.165) is 38.3 Å². The molecule has 142 valence electrons. The van der Waals surface area contributed by atoms with Gasteiger partial charge in [0.05, 0.1) is 18.2 Å². The summed E-state index contributed by atoms with van der Waals surface area (Å²) in [6.45, 7) is 7.60. The first-order valence-electron chi connectivity index (χ1n) is 9.53. The van der Waals surface area contributed by atoms with Crippen LogP contribution >= 0.6 is 0 Å². The Labute approximate surface area is 165 Å². The van der Waals surface area contributed by atoms with E-state index in [-0.39, 0.29) is 0 Å². The van der Waals surface area contributed by atoms with E-state index >= 15 is 0 Å². The highest BCUT2D eigenvalue weighted by molar-refractivity contribution is 5.54. The molecular formula is C22H23N5O. The van der Waals surface area contributed by atoms with Crippen LogP contribution in [0.1, 0.15) is 22.6 Å². The van der Waals surface area contributed by atoms with Gasteiger partial charge in [-0.3, -0.25) is 9.80 Å². The summed E-state index contributed by atoms with van der Waals surface area (Å²) in [5.41, 5.74) is 4.14. The monoisotopic (exact) mass is 373 g/mol. The predicted molar refractivity (Wildman–Crippen MR) is 106 cm³/mol. The molecule has 3 aromatic rings. The molecule has 1 aromatic heterocycles. The molecule has 4 rings (SSSR count). The average molecular weight is 373 g/mol. The zero-order chi connectivity index (χ0) is 19.3. The smallest absolute Gasteiger partial charge is 0.241 e. The standard InChI is InChI=1S/C22H23N5O/c1-17-2-8-20(9-3-17)22-24-21(28-25-22)16-27-12-10-26(11-13-27)15-19-6-4-18(14-23)5-7-19/h2-9H,10-13,15-16H2,1H3. The fraction of sp³-hybridized carbons (Fsp3) is 0.318. The molecule has 0 atom stereocenters. The van der Waals surface area contributed by atoms with Crippen molar-refractivity contribution in [3.05, 3.63) is 71.1 Å². The van der Waals surface area contributed by atoms with Gasteiger partial charge in [-0.05, 0) is 24.6 Å². The molecule has 0 amide bonds. The lowest BCUT2D eigenvalue weighted by Crippen LogP contribution is -2.45. The van der Waals surface area contributed by atoms with Gasteiger partial charge in [0.25, 0.3) is 0 Å². The highest BCUT2D eigenvalue weighted by Gasteiger charge is 2.19. The normalized spacial score (nSPS) is 15.4. The van der Waals surface area contributed by atoms with Crippen molar-refractivity contribution in [3.8, 4) is 17.5 Å². The molecule has 2 heterocycles. The molecule has 1 saturated heterocycles. The molecule has 1 aliphatic heterocycles. The van der Waals surface area contributed by atoms with Gasteiger partial charge in [-0.1, -0.05) is 47.1 Å². The lowest BCUT2D eigenvalue weighted by molar-refractivity contribution is 0.112. The molecule has 0 spiro atoms. The molecule has 0 radical (unpaired) electrons. The first kappa shape index (κ1) is 18.4. The summed E-state index contributed by atoms with van der Waals surface area (Å²) in [7, 11) is 0. The molecular weight excluding hydrogens is 350 g/mol. The van der Waals surface area contributed by atoms with Crippen LogP contribution in [0.3, 0.4) is 0 Å². The fourth-order valence-corrected chi connectivity index (χ4v) is 3.38. The highest BCUT2D eigenvalue weighted by atomic mass is 16.5. The number of benzene rings is 2. The first-order valence-corrected chi connectivity index (χ1v) is 9.53. The van der Waals surface area contributed by atoms with Crippen molar-refractivity contribution in [1.29, 1.82) is 5.26 Å². The SMILES string of the molecule is Cc1ccc(-c2noc(CN3CCN(Cc4ccc(C#N)cc4)CC3)n2)cc1. The van der Waals surface area contributed by atoms with Crippen molar-refractivity contribution in [2.45, 2.75) is 20.0 Å². The van der Waals surface area contributed by atoms with Crippen molar-refractivity contribution < 1.29 is 4.52 Å². The Morgan fingerprint density at radius 3 is 2.21 bits per heavy atom. The maximum Gasteiger partial charge on any atom is 0.241 e. The third-order valence-electron chi connectivity index (χ3n) is 5.09. The van der Waals surface area contributed by atoms with Crippen molar-refractivity contribution in [2.75, 3.05) is 26.2 Å². The fourth-order valence-electron chi connectivity index (χ4n) is 3.38. The Bertz CT molecular complexity index is 948. The Kier molecular flexibility index (Phi) is 5.47. The molecule has 0 N–H and O–H groups in total. The second-order valence-electron chi connectivity index (χ2n) is 7.24. The Hall–Kier alpha value is -3.01. The van der Waals surface area contributed by atoms with E-state index < -0.39 is 0 Å². The lowest BCUT2D eigenvalue weighted by Gasteiger charge is -2.33. The van der Waals surface area contributed by atoms with E-state index in [9.17, 15) is 0 Å². The van der Waals surface area contributed by atoms with Gasteiger partial charge in [0.2, 0.25) is 11.7 Å². The van der Waals surface area contributed by atoms with Crippen LogP contribution in [0.2, 0.25) is 0 Å². The minimum absolute atomic E-state index is 0.648. The summed E-state index contributed by atoms with van der Waals surface area (Å²) in [4.78, 5) is 9.33. The third-order valence-corrected chi connectivity index (χ3v) is 5.09. The number of piperazine rings is 1. The summed E-state index contributed by atoms with van der Waals surface area (Å²) in [6, 6.07) is 18.1. The van der Waals surface area contributed by atoms with Crippen LogP contribution in [0.25, 0.3) is 11.4 Å². The van der Waals surface area contributed by atoms with E-state index in [1.54, 1.807) is 0 Å². The van der Waals surface area contributed by atoms with E-state index in [4.69, 9.17) is 9.78 Å². The summed E-state index contributed by atoms with van der Waals surface area (Å²) in [5.74, 6) is 1.31. The van der Waals surface area contributed by atoms with Gasteiger partial charge in [0.1, 0.15) is 0 Å². The number of aromatic nitrogens is 2. The molecule has 0 aliphatic carbocycles. The zero-order valence-electron chi connectivity index (χ0n) is 16.0. The Morgan fingerprint density at radius 2 is 1.57 bits per heavy atom. The highest BCUT2D eigenvalue weighted by Crippen LogP contribution is 2.17. The van der Waals surface area contributed by atoms with Gasteiger partial charge in [-0.25, -0.2) is 0 Å². The summed E-state index contributed by atoms with van der Waals surface area (Å²) >= 11 is 0. The first-order chi connectivity index (χ1) is 13.7. The molecule has 6 nitrogen and oxygen atoms in total. The second-order valence-corrected chi connectivity index (χ2v) is 7.24. The largest absolute Gasteiger partial charge is 0.338 e. The molecule has 6 heteroatoms. The van der Waals surface area contributed by atoms with Gasteiger partial charge in [-0.15, -0.1) is 0 Å². The number of nitriles is 1. The van der Waals surface area contributed by atoms with Gasteiger partial charge in [0, 0.05) is 38.3 Å². The number of hydrogen-bond donors (Lipinski definition) is 0. The van der Waals surface area contributed by atoms with Crippen LogP contribution in [0.5, 0.6) is 0 Å². The molecule has 1 fully saturated rings. The molecule has 2 aromatic carbocycles. The van der Waals surface area contributed by atoms with Crippen molar-refractivity contribution in [1.82, 2.24) is 19.9 Å². The number of rotatable bonds is 5. The minimum atomic E-state index is 0.648. The molecule has 0 unspecified atom stereocenters. The van der Waals surface area contributed by atoms with E-state index in [2.05, 4.69) is 45.1 Å². The maximum atomic E-state index is 8.89. The van der Waals surface area contributed by atoms with Crippen molar-refractivity contribution >= 4 is 0 Å². The van der Waals surface area contributed by atoms with Crippen LogP contribution in [0, 0.1) is 18.3 Å². The number of hydrogen-bond acceptors (Lipinski definition) is 6. The maximum absolute atomic E-state index is 8.89. The molecule has 1 aliphatic rings. The van der Waals surface area contributed by atoms with E-state index in [1.165, 1.54) is 11.1 Å². The Morgan fingerprint density at radius 1 is 0.929 bits per heavy atom. The zero-order valence-corrected chi connectivity index (χ0v) is 16.0. The average Bonchev–Trinajstić information content (AvgIpc) is 3.19. The summed E-state index contributed by atoms with van der Waals surface area (Å²) in [6.07, 6.45) is 0. The molecule has 0 bridgehead atoms. The number of nitrogens with zero attached hydrogens (tertiary/aromatic N) is 5. The quantitative estimate of drug-likeness (QED) is 0.684. The van der Waals surface area contributed by atoms with Crippen molar-refractivity contribution in [3.63, 3.8) is 0 Å². The third kappa shape index (κ3) is 4.45. The summed E-state index contributed by atoms with van der Waals surface area (Å²) < 4.78 is 5.45. The summed E-state index contributed by atoms with van der Waals surface area (Å²) in [5, 5.41) is 13.0. The van der Waals surface area contributed by atoms with Crippen LogP contribution in [0.4, 0.5) is 0 Å². The van der Waals surface area contributed by atoms with Crippen LogP contribution < -0.4 is 0 Å². The Balaban J connectivity index is 1.28. The van der Waals surface area contributed by atoms with Gasteiger partial charge < -0.3 is 4.52 Å². The lowest BCUT2D eigenvalue weighted by atomic mass is 10.1. The van der Waals surface area contributed by atoms with Crippen LogP contribution in [-0.4, -0.2) is 46.1 Å². The van der Waals surface area contributed by atoms with E-state index in [0.29, 0.717) is 23.8 Å². The minimum Gasteiger partial charge on any atom is -0.338 e. The van der Waals surface area contributed by atoms with E-state index in [1.807, 2.05) is 36.4 Å². The van der Waals surface area contributed by atoms with Crippen molar-refractivity contribution in [2.24, 2.45) is 0 Å². The topological polar surface area (TPSA) is 69.2 Å². The van der Waals surface area contributed by atoms with Gasteiger partial charge in [-0.2, -0.15) is 10.2 Å². The van der Waals surface area contributed by atoms with Crippen LogP contribution in [0.15, 0.2) is 53.1 Å². The van der Waals surface area contributed by atoms with Crippen LogP contribution in [-0.2, 0) is 13.1 Å².